The van der Waals surface area contributed by atoms with E-state index >= 15 is 0 Å². The van der Waals surface area contributed by atoms with Gasteiger partial charge in [-0.1, -0.05) is 12.1 Å². The topological polar surface area (TPSA) is 63.1 Å². The molecule has 1 aromatic carbocycles. The molecular weight excluding hydrogens is 338 g/mol. The summed E-state index contributed by atoms with van der Waals surface area (Å²) in [6.45, 7) is 1.37. The zero-order chi connectivity index (χ0) is 18.5. The van der Waals surface area contributed by atoms with Crippen molar-refractivity contribution >= 4 is 11.6 Å². The molecule has 0 bridgehead atoms. The van der Waals surface area contributed by atoms with Crippen LogP contribution in [0.15, 0.2) is 36.5 Å². The average molecular weight is 359 g/mol. The van der Waals surface area contributed by atoms with E-state index in [-0.39, 0.29) is 5.91 Å². The largest absolute Gasteiger partial charge is 0.378 e. The second-order valence-corrected chi connectivity index (χ2v) is 7.32. The van der Waals surface area contributed by atoms with Crippen LogP contribution < -0.4 is 10.2 Å². The Hall–Kier alpha value is -3.15. The van der Waals surface area contributed by atoms with Crippen LogP contribution in [-0.2, 0) is 19.4 Å². The minimum atomic E-state index is -0.00740. The lowest BCUT2D eigenvalue weighted by Crippen LogP contribution is -2.36. The molecule has 1 aliphatic carbocycles. The highest BCUT2D eigenvalue weighted by molar-refractivity contribution is 5.97. The Balaban J connectivity index is 1.60. The SMILES string of the molecule is CN(C)c1ccc(-c2cc3c(cn2)CCc2c-3nn3c2C(=O)NCC3)cc1. The van der Waals surface area contributed by atoms with Gasteiger partial charge in [-0.25, -0.2) is 0 Å². The summed E-state index contributed by atoms with van der Waals surface area (Å²) < 4.78 is 1.87. The summed E-state index contributed by atoms with van der Waals surface area (Å²) in [4.78, 5) is 19.1. The summed E-state index contributed by atoms with van der Waals surface area (Å²) in [7, 11) is 4.06. The summed E-state index contributed by atoms with van der Waals surface area (Å²) in [5.41, 5.74) is 8.22. The Kier molecular flexibility index (Phi) is 3.53. The van der Waals surface area contributed by atoms with Gasteiger partial charge in [0.1, 0.15) is 5.69 Å². The van der Waals surface area contributed by atoms with E-state index in [4.69, 9.17) is 5.10 Å². The summed E-state index contributed by atoms with van der Waals surface area (Å²) in [6.07, 6.45) is 3.69. The molecule has 0 radical (unpaired) electrons. The number of anilines is 1. The minimum Gasteiger partial charge on any atom is -0.378 e. The van der Waals surface area contributed by atoms with Crippen molar-refractivity contribution in [3.63, 3.8) is 0 Å². The molecule has 5 rings (SSSR count). The van der Waals surface area contributed by atoms with Crippen LogP contribution in [0, 0.1) is 0 Å². The molecule has 1 N–H and O–H groups in total. The van der Waals surface area contributed by atoms with Gasteiger partial charge in [0.25, 0.3) is 5.91 Å². The van der Waals surface area contributed by atoms with Crippen molar-refractivity contribution in [2.24, 2.45) is 0 Å². The number of hydrogen-bond acceptors (Lipinski definition) is 4. The van der Waals surface area contributed by atoms with Crippen molar-refractivity contribution in [2.75, 3.05) is 25.5 Å². The number of aryl methyl sites for hydroxylation is 1. The number of benzene rings is 1. The molecule has 2 aromatic heterocycles. The molecule has 27 heavy (non-hydrogen) atoms. The number of fused-ring (bicyclic) bond motifs is 5. The van der Waals surface area contributed by atoms with Gasteiger partial charge >= 0.3 is 0 Å². The second-order valence-electron chi connectivity index (χ2n) is 7.32. The van der Waals surface area contributed by atoms with Gasteiger partial charge in [-0.3, -0.25) is 14.5 Å². The first-order valence-corrected chi connectivity index (χ1v) is 9.27. The number of nitrogens with one attached hydrogen (secondary N) is 1. The van der Waals surface area contributed by atoms with Gasteiger partial charge < -0.3 is 10.2 Å². The molecule has 0 fully saturated rings. The molecule has 1 aliphatic heterocycles. The number of nitrogens with zero attached hydrogens (tertiary/aromatic N) is 4. The highest BCUT2D eigenvalue weighted by Crippen LogP contribution is 2.36. The number of rotatable bonds is 2. The molecule has 3 aromatic rings. The van der Waals surface area contributed by atoms with Crippen molar-refractivity contribution in [1.29, 1.82) is 0 Å². The molecule has 0 saturated carbocycles. The van der Waals surface area contributed by atoms with Crippen molar-refractivity contribution in [1.82, 2.24) is 20.1 Å². The maximum absolute atomic E-state index is 12.3. The summed E-state index contributed by atoms with van der Waals surface area (Å²) in [5, 5.41) is 7.71. The number of carbonyl (C=O) groups excluding carboxylic acids is 1. The third-order valence-electron chi connectivity index (χ3n) is 5.44. The molecule has 1 amide bonds. The van der Waals surface area contributed by atoms with Crippen molar-refractivity contribution in [3.05, 3.63) is 53.3 Å². The van der Waals surface area contributed by atoms with Crippen LogP contribution in [0.3, 0.4) is 0 Å². The van der Waals surface area contributed by atoms with Crippen LogP contribution in [0.25, 0.3) is 22.5 Å². The van der Waals surface area contributed by atoms with Gasteiger partial charge in [0, 0.05) is 49.2 Å². The maximum Gasteiger partial charge on any atom is 0.269 e. The first kappa shape index (κ1) is 16.1. The van der Waals surface area contributed by atoms with E-state index in [0.717, 1.165) is 58.8 Å². The van der Waals surface area contributed by atoms with Crippen molar-refractivity contribution in [2.45, 2.75) is 19.4 Å². The fraction of sp³-hybridized carbons (Fsp3) is 0.286. The monoisotopic (exact) mass is 359 g/mol. The number of carbonyl (C=O) groups is 1. The van der Waals surface area contributed by atoms with Gasteiger partial charge in [-0.2, -0.15) is 5.10 Å². The highest BCUT2D eigenvalue weighted by atomic mass is 16.2. The van der Waals surface area contributed by atoms with Gasteiger partial charge in [0.15, 0.2) is 0 Å². The van der Waals surface area contributed by atoms with Crippen LogP contribution in [0.5, 0.6) is 0 Å². The van der Waals surface area contributed by atoms with Crippen LogP contribution in [0.4, 0.5) is 5.69 Å². The highest BCUT2D eigenvalue weighted by Gasteiger charge is 2.30. The molecule has 0 saturated heterocycles. The van der Waals surface area contributed by atoms with Gasteiger partial charge in [-0.15, -0.1) is 0 Å². The van der Waals surface area contributed by atoms with Gasteiger partial charge in [0.05, 0.1) is 17.9 Å². The second kappa shape index (κ2) is 5.94. The first-order valence-electron chi connectivity index (χ1n) is 9.27. The van der Waals surface area contributed by atoms with Crippen molar-refractivity contribution in [3.8, 4) is 22.5 Å². The third-order valence-corrected chi connectivity index (χ3v) is 5.44. The molecular formula is C21H21N5O. The van der Waals surface area contributed by atoms with E-state index < -0.39 is 0 Å². The number of hydrogen-bond donors (Lipinski definition) is 1. The van der Waals surface area contributed by atoms with Gasteiger partial charge in [-0.05, 0) is 36.6 Å². The Morgan fingerprint density at radius 3 is 2.74 bits per heavy atom. The minimum absolute atomic E-state index is 0.00740. The van der Waals surface area contributed by atoms with Gasteiger partial charge in [0.2, 0.25) is 0 Å². The van der Waals surface area contributed by atoms with Crippen LogP contribution in [0.1, 0.15) is 21.6 Å². The lowest BCUT2D eigenvalue weighted by molar-refractivity contribution is 0.0923. The summed E-state index contributed by atoms with van der Waals surface area (Å²) >= 11 is 0. The fourth-order valence-corrected chi connectivity index (χ4v) is 3.98. The Labute approximate surface area is 157 Å². The Morgan fingerprint density at radius 1 is 1.15 bits per heavy atom. The fourth-order valence-electron chi connectivity index (χ4n) is 3.98. The maximum atomic E-state index is 12.3. The zero-order valence-electron chi connectivity index (χ0n) is 15.5. The zero-order valence-corrected chi connectivity index (χ0v) is 15.5. The third kappa shape index (κ3) is 2.51. The van der Waals surface area contributed by atoms with E-state index in [9.17, 15) is 4.79 Å². The van der Waals surface area contributed by atoms with E-state index in [0.29, 0.717) is 6.54 Å². The quantitative estimate of drug-likeness (QED) is 0.764. The number of pyridine rings is 1. The summed E-state index contributed by atoms with van der Waals surface area (Å²) in [6, 6.07) is 10.5. The molecule has 0 atom stereocenters. The van der Waals surface area contributed by atoms with E-state index in [1.807, 2.05) is 25.0 Å². The number of aromatic nitrogens is 3. The van der Waals surface area contributed by atoms with Crippen LogP contribution in [0.2, 0.25) is 0 Å². The molecule has 6 heteroatoms. The molecule has 0 unspecified atom stereocenters. The predicted molar refractivity (Wildman–Crippen MR) is 105 cm³/mol. The lowest BCUT2D eigenvalue weighted by atomic mass is 9.89. The van der Waals surface area contributed by atoms with E-state index in [1.165, 1.54) is 5.56 Å². The number of amides is 1. The van der Waals surface area contributed by atoms with Crippen LogP contribution in [-0.4, -0.2) is 41.3 Å². The first-order chi connectivity index (χ1) is 13.1. The molecule has 3 heterocycles. The lowest BCUT2D eigenvalue weighted by Gasteiger charge is -2.18. The van der Waals surface area contributed by atoms with E-state index in [2.05, 4.69) is 45.5 Å². The Bertz CT molecular complexity index is 1050. The Morgan fingerprint density at radius 2 is 1.96 bits per heavy atom. The average Bonchev–Trinajstić information content (AvgIpc) is 3.08. The van der Waals surface area contributed by atoms with Crippen molar-refractivity contribution < 1.29 is 4.79 Å². The predicted octanol–water partition coefficient (Wildman–Crippen LogP) is 2.52. The summed E-state index contributed by atoms with van der Waals surface area (Å²) in [5.74, 6) is -0.00740. The van der Waals surface area contributed by atoms with Crippen LogP contribution >= 0.6 is 0 Å². The molecule has 0 spiro atoms. The van der Waals surface area contributed by atoms with E-state index in [1.54, 1.807) is 0 Å². The molecule has 136 valence electrons. The smallest absolute Gasteiger partial charge is 0.269 e. The molecule has 2 aliphatic rings. The molecule has 6 nitrogen and oxygen atoms in total. The normalized spacial score (nSPS) is 14.8. The standard InChI is InChI=1S/C21H21N5O/c1-25(2)15-6-3-13(4-7-15)18-11-17-14(12-23-18)5-8-16-19(17)24-26-10-9-22-21(27)20(16)26/h3-4,6-7,11-12H,5,8-10H2,1-2H3,(H,22,27).